The minimum absolute atomic E-state index is 0.0122. The Balaban J connectivity index is 2.01. The van der Waals surface area contributed by atoms with Gasteiger partial charge in [0.15, 0.2) is 0 Å². The number of hydrogen-bond acceptors (Lipinski definition) is 8. The third-order valence-corrected chi connectivity index (χ3v) is 3.70. The van der Waals surface area contributed by atoms with E-state index < -0.39 is 5.60 Å². The van der Waals surface area contributed by atoms with E-state index in [0.29, 0.717) is 31.7 Å². The van der Waals surface area contributed by atoms with E-state index >= 15 is 0 Å². The molecule has 0 radical (unpaired) electrons. The summed E-state index contributed by atoms with van der Waals surface area (Å²) in [5.74, 6) is 0.646. The van der Waals surface area contributed by atoms with Crippen LogP contribution in [0.1, 0.15) is 33.6 Å². The molecule has 1 heterocycles. The van der Waals surface area contributed by atoms with Crippen LogP contribution < -0.4 is 16.4 Å². The van der Waals surface area contributed by atoms with E-state index in [-0.39, 0.29) is 24.4 Å². The van der Waals surface area contributed by atoms with E-state index in [2.05, 4.69) is 20.6 Å². The summed E-state index contributed by atoms with van der Waals surface area (Å²) in [6.07, 6.45) is 2.67. The van der Waals surface area contributed by atoms with Crippen molar-refractivity contribution in [1.29, 1.82) is 0 Å². The predicted octanol–water partition coefficient (Wildman–Crippen LogP) is 0.979. The summed E-state index contributed by atoms with van der Waals surface area (Å²) in [6, 6.07) is 1.78. The maximum absolute atomic E-state index is 11.7. The maximum atomic E-state index is 11.7. The quantitative estimate of drug-likeness (QED) is 0.242. The van der Waals surface area contributed by atoms with Crippen molar-refractivity contribution >= 4 is 29.6 Å². The van der Waals surface area contributed by atoms with Crippen LogP contribution in [-0.2, 0) is 14.3 Å². The minimum Gasteiger partial charge on any atom is -0.459 e. The molecule has 9 heteroatoms. The molecule has 1 amide bonds. The molecule has 8 nitrogen and oxygen atoms in total. The molecule has 0 atom stereocenters. The van der Waals surface area contributed by atoms with E-state index in [1.54, 1.807) is 12.3 Å². The van der Waals surface area contributed by atoms with E-state index in [1.165, 1.54) is 11.8 Å². The molecule has 0 aliphatic heterocycles. The Kier molecular flexibility index (Phi) is 9.22. The minimum atomic E-state index is -0.478. The van der Waals surface area contributed by atoms with Crippen molar-refractivity contribution in [1.82, 2.24) is 20.6 Å². The van der Waals surface area contributed by atoms with Crippen LogP contribution >= 0.6 is 11.8 Å². The van der Waals surface area contributed by atoms with Gasteiger partial charge in [0, 0.05) is 24.9 Å². The molecule has 0 unspecified atom stereocenters. The number of nitrogens with one attached hydrogen (secondary N) is 2. The number of esters is 1. The summed E-state index contributed by atoms with van der Waals surface area (Å²) in [5, 5.41) is 6.60. The summed E-state index contributed by atoms with van der Waals surface area (Å²) in [4.78, 5) is 31.1. The number of amides is 1. The Morgan fingerprint density at radius 2 is 2.08 bits per heavy atom. The second kappa shape index (κ2) is 10.9. The number of nitrogens with two attached hydrogens (primary N) is 1. The van der Waals surface area contributed by atoms with Crippen molar-refractivity contribution in [2.75, 3.05) is 31.1 Å². The van der Waals surface area contributed by atoms with Crippen molar-refractivity contribution in [3.05, 3.63) is 12.3 Å². The second-order valence-corrected chi connectivity index (χ2v) is 7.43. The fourth-order valence-corrected chi connectivity index (χ4v) is 2.54. The normalized spacial score (nSPS) is 11.2. The van der Waals surface area contributed by atoms with Gasteiger partial charge in [-0.15, -0.1) is 11.8 Å². The molecule has 1 aromatic rings. The fraction of sp³-hybridized carbons (Fsp3) is 0.625. The van der Waals surface area contributed by atoms with Crippen molar-refractivity contribution in [3.63, 3.8) is 0 Å². The van der Waals surface area contributed by atoms with Gasteiger partial charge in [0.2, 0.25) is 11.9 Å². The summed E-state index contributed by atoms with van der Waals surface area (Å²) in [7, 11) is 0. The molecule has 4 N–H and O–H groups in total. The molecule has 0 saturated carbocycles. The summed E-state index contributed by atoms with van der Waals surface area (Å²) >= 11 is 1.51. The zero-order valence-electron chi connectivity index (χ0n) is 15.0. The number of nitrogen functional groups attached to an aromatic ring is 1. The van der Waals surface area contributed by atoms with Gasteiger partial charge in [0.1, 0.15) is 10.6 Å². The number of carbonyl (C=O) groups is 2. The van der Waals surface area contributed by atoms with Gasteiger partial charge in [-0.3, -0.25) is 9.59 Å². The van der Waals surface area contributed by atoms with Gasteiger partial charge in [0.05, 0.1) is 6.54 Å². The molecule has 0 spiro atoms. The van der Waals surface area contributed by atoms with E-state index in [1.807, 2.05) is 20.8 Å². The summed E-state index contributed by atoms with van der Waals surface area (Å²) in [6.45, 7) is 6.77. The number of nitrogens with zero attached hydrogens (tertiary/aromatic N) is 2. The third kappa shape index (κ3) is 11.3. The highest BCUT2D eigenvalue weighted by molar-refractivity contribution is 7.99. The number of rotatable bonds is 10. The molecule has 140 valence electrons. The van der Waals surface area contributed by atoms with Crippen molar-refractivity contribution < 1.29 is 14.3 Å². The zero-order valence-corrected chi connectivity index (χ0v) is 15.8. The largest absolute Gasteiger partial charge is 0.459 e. The molecular formula is C16H27N5O3S. The van der Waals surface area contributed by atoms with Crippen LogP contribution in [-0.4, -0.2) is 52.8 Å². The van der Waals surface area contributed by atoms with Gasteiger partial charge < -0.3 is 21.1 Å². The van der Waals surface area contributed by atoms with Gasteiger partial charge in [0.25, 0.3) is 0 Å². The topological polar surface area (TPSA) is 119 Å². The Morgan fingerprint density at radius 1 is 1.32 bits per heavy atom. The second-order valence-electron chi connectivity index (χ2n) is 6.32. The number of hydrogen-bond donors (Lipinski definition) is 3. The molecule has 0 aliphatic carbocycles. The van der Waals surface area contributed by atoms with Crippen molar-refractivity contribution in [3.8, 4) is 0 Å². The van der Waals surface area contributed by atoms with Crippen LogP contribution in [0.5, 0.6) is 0 Å². The van der Waals surface area contributed by atoms with Crippen molar-refractivity contribution in [2.24, 2.45) is 0 Å². The highest BCUT2D eigenvalue weighted by Gasteiger charge is 2.15. The lowest BCUT2D eigenvalue weighted by Crippen LogP contribution is -2.32. The third-order valence-electron chi connectivity index (χ3n) is 2.77. The van der Waals surface area contributed by atoms with Gasteiger partial charge in [-0.05, 0) is 39.8 Å². The van der Waals surface area contributed by atoms with Gasteiger partial charge >= 0.3 is 5.97 Å². The molecule has 0 bridgehead atoms. The lowest BCUT2D eigenvalue weighted by molar-refractivity contribution is -0.153. The number of anilines is 1. The molecule has 0 aromatic carbocycles. The Morgan fingerprint density at radius 3 is 2.76 bits per heavy atom. The first-order chi connectivity index (χ1) is 11.8. The Hall–Kier alpha value is -1.87. The SMILES string of the molecule is CC(C)(C)OC(=O)CNCCCC(=O)NCCSc1ccnc(N)n1. The first kappa shape index (κ1) is 21.2. The van der Waals surface area contributed by atoms with E-state index in [0.717, 1.165) is 5.03 Å². The van der Waals surface area contributed by atoms with E-state index in [4.69, 9.17) is 10.5 Å². The van der Waals surface area contributed by atoms with Crippen LogP contribution in [0.4, 0.5) is 5.95 Å². The lowest BCUT2D eigenvalue weighted by Gasteiger charge is -2.19. The number of thioether (sulfide) groups is 1. The fourth-order valence-electron chi connectivity index (χ4n) is 1.81. The van der Waals surface area contributed by atoms with Crippen LogP contribution in [0.3, 0.4) is 0 Å². The van der Waals surface area contributed by atoms with Crippen LogP contribution in [0, 0.1) is 0 Å². The highest BCUT2D eigenvalue weighted by atomic mass is 32.2. The molecular weight excluding hydrogens is 342 g/mol. The number of carbonyl (C=O) groups excluding carboxylic acids is 2. The number of aromatic nitrogens is 2. The van der Waals surface area contributed by atoms with Gasteiger partial charge in [-0.25, -0.2) is 9.97 Å². The number of ether oxygens (including phenoxy) is 1. The Bertz CT molecular complexity index is 563. The standard InChI is InChI=1S/C16H27N5O3S/c1-16(2,3)24-14(23)11-18-7-4-5-12(22)19-9-10-25-13-6-8-20-15(17)21-13/h6,8,18H,4-5,7,9-11H2,1-3H3,(H,19,22)(H2,17,20,21). The van der Waals surface area contributed by atoms with Gasteiger partial charge in [-0.1, -0.05) is 0 Å². The average Bonchev–Trinajstić information content (AvgIpc) is 2.49. The van der Waals surface area contributed by atoms with Gasteiger partial charge in [-0.2, -0.15) is 0 Å². The zero-order chi connectivity index (χ0) is 18.7. The highest BCUT2D eigenvalue weighted by Crippen LogP contribution is 2.13. The summed E-state index contributed by atoms with van der Waals surface area (Å²) < 4.78 is 5.17. The molecule has 0 saturated heterocycles. The molecule has 1 rings (SSSR count). The summed E-state index contributed by atoms with van der Waals surface area (Å²) in [5.41, 5.74) is 5.02. The molecule has 1 aromatic heterocycles. The first-order valence-electron chi connectivity index (χ1n) is 8.17. The van der Waals surface area contributed by atoms with Crippen LogP contribution in [0.15, 0.2) is 17.3 Å². The van der Waals surface area contributed by atoms with Crippen LogP contribution in [0.2, 0.25) is 0 Å². The Labute approximate surface area is 152 Å². The predicted molar refractivity (Wildman–Crippen MR) is 98.1 cm³/mol. The lowest BCUT2D eigenvalue weighted by atomic mass is 10.2. The monoisotopic (exact) mass is 369 g/mol. The average molecular weight is 369 g/mol. The van der Waals surface area contributed by atoms with Crippen molar-refractivity contribution in [2.45, 2.75) is 44.2 Å². The molecule has 0 fully saturated rings. The van der Waals surface area contributed by atoms with Crippen LogP contribution in [0.25, 0.3) is 0 Å². The van der Waals surface area contributed by atoms with E-state index in [9.17, 15) is 9.59 Å². The smallest absolute Gasteiger partial charge is 0.320 e. The molecule has 25 heavy (non-hydrogen) atoms. The maximum Gasteiger partial charge on any atom is 0.320 e. The molecule has 0 aliphatic rings. The first-order valence-corrected chi connectivity index (χ1v) is 9.15.